The van der Waals surface area contributed by atoms with Crippen LogP contribution in [0.3, 0.4) is 0 Å². The molecule has 0 saturated heterocycles. The van der Waals surface area contributed by atoms with E-state index in [1.807, 2.05) is 0 Å². The lowest BCUT2D eigenvalue weighted by Gasteiger charge is -2.20. The first-order valence-corrected chi connectivity index (χ1v) is 4.88. The first-order chi connectivity index (χ1) is 5.56. The van der Waals surface area contributed by atoms with Crippen LogP contribution >= 0.6 is 0 Å². The molecule has 0 aliphatic carbocycles. The fourth-order valence-corrected chi connectivity index (χ4v) is 1.15. The van der Waals surface area contributed by atoms with Crippen LogP contribution in [0.2, 0.25) is 0 Å². The van der Waals surface area contributed by atoms with E-state index in [0.717, 1.165) is 19.0 Å². The molecular formula is C10H22FN. The summed E-state index contributed by atoms with van der Waals surface area (Å²) in [7, 11) is 2.06. The molecule has 0 aliphatic heterocycles. The molecule has 2 atom stereocenters. The molecule has 0 spiro atoms. The van der Waals surface area contributed by atoms with E-state index in [2.05, 4.69) is 25.8 Å². The highest BCUT2D eigenvalue weighted by Gasteiger charge is 2.05. The van der Waals surface area contributed by atoms with Crippen molar-refractivity contribution in [1.82, 2.24) is 4.90 Å². The standard InChI is InChI=1S/C10H22FN/c1-5-9(2)8-12(4)7-6-10(3)11/h9-10H,5-8H2,1-4H3. The van der Waals surface area contributed by atoms with Crippen molar-refractivity contribution in [3.63, 3.8) is 0 Å². The van der Waals surface area contributed by atoms with E-state index >= 15 is 0 Å². The van der Waals surface area contributed by atoms with Crippen LogP contribution in [0.15, 0.2) is 0 Å². The van der Waals surface area contributed by atoms with Gasteiger partial charge in [0, 0.05) is 13.1 Å². The molecule has 0 aromatic rings. The molecule has 0 saturated carbocycles. The lowest BCUT2D eigenvalue weighted by molar-refractivity contribution is 0.240. The van der Waals surface area contributed by atoms with Crippen LogP contribution in [0.4, 0.5) is 4.39 Å². The smallest absolute Gasteiger partial charge is 0.0985 e. The molecule has 0 aromatic carbocycles. The zero-order valence-corrected chi connectivity index (χ0v) is 8.81. The summed E-state index contributed by atoms with van der Waals surface area (Å²) in [6, 6.07) is 0. The average Bonchev–Trinajstić information content (AvgIpc) is 2.00. The lowest BCUT2D eigenvalue weighted by Crippen LogP contribution is -2.26. The van der Waals surface area contributed by atoms with Crippen molar-refractivity contribution in [1.29, 1.82) is 0 Å². The molecular weight excluding hydrogens is 153 g/mol. The lowest BCUT2D eigenvalue weighted by atomic mass is 10.1. The third-order valence-electron chi connectivity index (χ3n) is 2.23. The molecule has 1 nitrogen and oxygen atoms in total. The van der Waals surface area contributed by atoms with E-state index in [-0.39, 0.29) is 0 Å². The highest BCUT2D eigenvalue weighted by molar-refractivity contribution is 4.59. The number of hydrogen-bond donors (Lipinski definition) is 0. The Morgan fingerprint density at radius 1 is 1.33 bits per heavy atom. The Labute approximate surface area is 75.9 Å². The summed E-state index contributed by atoms with van der Waals surface area (Å²) in [6.07, 6.45) is 1.20. The van der Waals surface area contributed by atoms with Crippen molar-refractivity contribution in [2.45, 2.75) is 39.8 Å². The Morgan fingerprint density at radius 2 is 1.92 bits per heavy atom. The summed E-state index contributed by atoms with van der Waals surface area (Å²) in [4.78, 5) is 2.21. The fourth-order valence-electron chi connectivity index (χ4n) is 1.15. The average molecular weight is 175 g/mol. The van der Waals surface area contributed by atoms with Gasteiger partial charge in [0.2, 0.25) is 0 Å². The molecule has 0 amide bonds. The van der Waals surface area contributed by atoms with Gasteiger partial charge < -0.3 is 4.90 Å². The van der Waals surface area contributed by atoms with E-state index in [1.165, 1.54) is 6.42 Å². The minimum absolute atomic E-state index is 0.660. The van der Waals surface area contributed by atoms with Gasteiger partial charge in [0.1, 0.15) is 0 Å². The molecule has 2 heteroatoms. The molecule has 0 bridgehead atoms. The highest BCUT2D eigenvalue weighted by Crippen LogP contribution is 2.04. The highest BCUT2D eigenvalue weighted by atomic mass is 19.1. The maximum Gasteiger partial charge on any atom is 0.0985 e. The largest absolute Gasteiger partial charge is 0.306 e. The van der Waals surface area contributed by atoms with Gasteiger partial charge in [-0.1, -0.05) is 20.3 Å². The predicted molar refractivity (Wildman–Crippen MR) is 52.1 cm³/mol. The van der Waals surface area contributed by atoms with E-state index in [4.69, 9.17) is 0 Å². The van der Waals surface area contributed by atoms with Crippen LogP contribution in [-0.2, 0) is 0 Å². The van der Waals surface area contributed by atoms with E-state index in [1.54, 1.807) is 6.92 Å². The number of alkyl halides is 1. The fraction of sp³-hybridized carbons (Fsp3) is 1.00. The third kappa shape index (κ3) is 6.59. The van der Waals surface area contributed by atoms with Gasteiger partial charge in [-0.15, -0.1) is 0 Å². The van der Waals surface area contributed by atoms with Gasteiger partial charge in [0.25, 0.3) is 0 Å². The Balaban J connectivity index is 3.39. The quantitative estimate of drug-likeness (QED) is 0.600. The SMILES string of the molecule is CCC(C)CN(C)CCC(C)F. The van der Waals surface area contributed by atoms with Crippen LogP contribution in [0, 0.1) is 5.92 Å². The molecule has 12 heavy (non-hydrogen) atoms. The van der Waals surface area contributed by atoms with Crippen LogP contribution in [0.5, 0.6) is 0 Å². The van der Waals surface area contributed by atoms with Crippen molar-refractivity contribution in [2.24, 2.45) is 5.92 Å². The van der Waals surface area contributed by atoms with Crippen LogP contribution in [-0.4, -0.2) is 31.2 Å². The minimum atomic E-state index is -0.663. The Bertz CT molecular complexity index is 104. The first-order valence-electron chi connectivity index (χ1n) is 4.88. The molecule has 2 unspecified atom stereocenters. The summed E-state index contributed by atoms with van der Waals surface area (Å²) in [5, 5.41) is 0. The van der Waals surface area contributed by atoms with E-state index in [9.17, 15) is 4.39 Å². The van der Waals surface area contributed by atoms with E-state index in [0.29, 0.717) is 6.42 Å². The van der Waals surface area contributed by atoms with Crippen LogP contribution < -0.4 is 0 Å². The summed E-state index contributed by atoms with van der Waals surface area (Å²) >= 11 is 0. The molecule has 0 rings (SSSR count). The maximum absolute atomic E-state index is 12.5. The van der Waals surface area contributed by atoms with Crippen molar-refractivity contribution in [3.05, 3.63) is 0 Å². The molecule has 0 heterocycles. The second kappa shape index (κ2) is 6.41. The van der Waals surface area contributed by atoms with Gasteiger partial charge in [-0.05, 0) is 26.3 Å². The Kier molecular flexibility index (Phi) is 6.35. The molecule has 0 aromatic heterocycles. The van der Waals surface area contributed by atoms with Crippen LogP contribution in [0.25, 0.3) is 0 Å². The molecule has 74 valence electrons. The molecule has 0 N–H and O–H groups in total. The zero-order chi connectivity index (χ0) is 9.56. The minimum Gasteiger partial charge on any atom is -0.306 e. The number of halogens is 1. The normalized spacial score (nSPS) is 16.5. The summed E-state index contributed by atoms with van der Waals surface area (Å²) in [6.45, 7) is 8.01. The zero-order valence-electron chi connectivity index (χ0n) is 8.81. The van der Waals surface area contributed by atoms with Gasteiger partial charge in [-0.25, -0.2) is 4.39 Å². The second-order valence-electron chi connectivity index (χ2n) is 3.85. The third-order valence-corrected chi connectivity index (χ3v) is 2.23. The van der Waals surface area contributed by atoms with Gasteiger partial charge in [0.05, 0.1) is 6.17 Å². The predicted octanol–water partition coefficient (Wildman–Crippen LogP) is 2.71. The van der Waals surface area contributed by atoms with E-state index < -0.39 is 6.17 Å². The number of rotatable bonds is 6. The summed E-state index contributed by atoms with van der Waals surface area (Å²) in [5.74, 6) is 0.727. The Morgan fingerprint density at radius 3 is 2.33 bits per heavy atom. The number of nitrogens with zero attached hydrogens (tertiary/aromatic N) is 1. The molecule has 0 fully saturated rings. The molecule has 0 aliphatic rings. The second-order valence-corrected chi connectivity index (χ2v) is 3.85. The van der Waals surface area contributed by atoms with Crippen molar-refractivity contribution >= 4 is 0 Å². The van der Waals surface area contributed by atoms with Crippen molar-refractivity contribution < 1.29 is 4.39 Å². The number of hydrogen-bond acceptors (Lipinski definition) is 1. The Hall–Kier alpha value is -0.110. The topological polar surface area (TPSA) is 3.24 Å². The van der Waals surface area contributed by atoms with Gasteiger partial charge in [-0.2, -0.15) is 0 Å². The van der Waals surface area contributed by atoms with Crippen LogP contribution in [0.1, 0.15) is 33.6 Å². The van der Waals surface area contributed by atoms with Crippen molar-refractivity contribution in [3.8, 4) is 0 Å². The van der Waals surface area contributed by atoms with Crippen molar-refractivity contribution in [2.75, 3.05) is 20.1 Å². The first kappa shape index (κ1) is 11.9. The maximum atomic E-state index is 12.5. The summed E-state index contributed by atoms with van der Waals surface area (Å²) < 4.78 is 12.5. The van der Waals surface area contributed by atoms with Gasteiger partial charge >= 0.3 is 0 Å². The summed E-state index contributed by atoms with van der Waals surface area (Å²) in [5.41, 5.74) is 0. The monoisotopic (exact) mass is 175 g/mol. The van der Waals surface area contributed by atoms with Gasteiger partial charge in [0.15, 0.2) is 0 Å². The van der Waals surface area contributed by atoms with Gasteiger partial charge in [-0.3, -0.25) is 0 Å². The molecule has 0 radical (unpaired) electrons.